The summed E-state index contributed by atoms with van der Waals surface area (Å²) in [5.74, 6) is -4.25. The van der Waals surface area contributed by atoms with Crippen molar-refractivity contribution in [3.63, 3.8) is 0 Å². The minimum atomic E-state index is -1.26. The lowest BCUT2D eigenvalue weighted by Crippen LogP contribution is -2.30. The molecule has 2 rings (SSSR count). The van der Waals surface area contributed by atoms with Crippen LogP contribution in [0.15, 0.2) is 42.5 Å². The van der Waals surface area contributed by atoms with Crippen molar-refractivity contribution in [3.05, 3.63) is 65.2 Å². The number of carbonyl (C=O) groups excluding carboxylic acids is 1. The van der Waals surface area contributed by atoms with Crippen molar-refractivity contribution in [2.75, 3.05) is 0 Å². The van der Waals surface area contributed by atoms with Gasteiger partial charge in [0.05, 0.1) is 0 Å². The number of ether oxygens (including phenoxy) is 1. The van der Waals surface area contributed by atoms with Crippen molar-refractivity contribution in [2.24, 2.45) is 5.92 Å². The lowest BCUT2D eigenvalue weighted by atomic mass is 10.0. The quantitative estimate of drug-likeness (QED) is 0.824. The number of rotatable bonds is 6. The highest BCUT2D eigenvalue weighted by Crippen LogP contribution is 2.25. The number of aliphatic carboxylic acids is 1. The van der Waals surface area contributed by atoms with E-state index in [1.54, 1.807) is 24.3 Å². The maximum Gasteiger partial charge on any atom is 0.191 e. The van der Waals surface area contributed by atoms with Gasteiger partial charge in [-0.1, -0.05) is 37.3 Å². The van der Waals surface area contributed by atoms with Crippen LogP contribution in [-0.2, 0) is 17.8 Å². The molecule has 0 amide bonds. The largest absolute Gasteiger partial charge is 0.550 e. The Morgan fingerprint density at radius 2 is 1.73 bits per heavy atom. The molecule has 1 unspecified atom stereocenters. The molecule has 0 saturated carbocycles. The Kier molecular flexibility index (Phi) is 5.09. The third-order valence-corrected chi connectivity index (χ3v) is 3.23. The molecule has 0 radical (unpaired) electrons. The predicted octanol–water partition coefficient (Wildman–Crippen LogP) is 2.47. The Hall–Kier alpha value is -2.43. The highest BCUT2D eigenvalue weighted by molar-refractivity contribution is 5.67. The van der Waals surface area contributed by atoms with Crippen LogP contribution in [0, 0.1) is 17.6 Å². The molecule has 1 atom stereocenters. The summed E-state index contributed by atoms with van der Waals surface area (Å²) in [6.45, 7) is 1.47. The fraction of sp³-hybridized carbons (Fsp3) is 0.235. The van der Waals surface area contributed by atoms with Gasteiger partial charge in [0.2, 0.25) is 0 Å². The van der Waals surface area contributed by atoms with Crippen LogP contribution in [0.3, 0.4) is 0 Å². The molecular formula is C17H15F2O3-. The molecule has 0 spiro atoms. The molecule has 0 N–H and O–H groups in total. The van der Waals surface area contributed by atoms with E-state index >= 15 is 0 Å². The molecule has 0 aliphatic heterocycles. The van der Waals surface area contributed by atoms with Crippen LogP contribution in [0.5, 0.6) is 5.75 Å². The summed E-state index contributed by atoms with van der Waals surface area (Å²) in [6.07, 6.45) is -0.00482. The Bertz CT molecular complexity index is 633. The van der Waals surface area contributed by atoms with Crippen molar-refractivity contribution < 1.29 is 23.4 Å². The van der Waals surface area contributed by atoms with Gasteiger partial charge in [0.1, 0.15) is 6.61 Å². The van der Waals surface area contributed by atoms with Crippen molar-refractivity contribution in [3.8, 4) is 5.75 Å². The summed E-state index contributed by atoms with van der Waals surface area (Å²) >= 11 is 0. The number of halogens is 2. The van der Waals surface area contributed by atoms with Crippen LogP contribution in [0.4, 0.5) is 8.78 Å². The monoisotopic (exact) mass is 305 g/mol. The van der Waals surface area contributed by atoms with E-state index in [1.165, 1.54) is 6.92 Å². The first-order valence-electron chi connectivity index (χ1n) is 6.83. The molecular weight excluding hydrogens is 290 g/mol. The lowest BCUT2D eigenvalue weighted by Gasteiger charge is -2.14. The highest BCUT2D eigenvalue weighted by atomic mass is 19.1. The normalized spacial score (nSPS) is 12.0. The first-order valence-corrected chi connectivity index (χ1v) is 6.83. The van der Waals surface area contributed by atoms with Gasteiger partial charge in [0, 0.05) is 5.97 Å². The second kappa shape index (κ2) is 7.02. The second-order valence-corrected chi connectivity index (χ2v) is 5.09. The summed E-state index contributed by atoms with van der Waals surface area (Å²) < 4.78 is 33.1. The molecule has 116 valence electrons. The smallest absolute Gasteiger partial charge is 0.191 e. The Morgan fingerprint density at radius 1 is 1.14 bits per heavy atom. The summed E-state index contributed by atoms with van der Waals surface area (Å²) in [7, 11) is 0. The number of carboxylic acid groups (broad SMARTS) is 1. The summed E-state index contributed by atoms with van der Waals surface area (Å²) in [4.78, 5) is 10.7. The molecule has 0 heterocycles. The van der Waals surface area contributed by atoms with Gasteiger partial charge in [0.25, 0.3) is 0 Å². The molecule has 2 aromatic carbocycles. The zero-order chi connectivity index (χ0) is 16.1. The van der Waals surface area contributed by atoms with E-state index < -0.39 is 29.3 Å². The molecule has 22 heavy (non-hydrogen) atoms. The minimum Gasteiger partial charge on any atom is -0.550 e. The predicted molar refractivity (Wildman–Crippen MR) is 75.0 cm³/mol. The summed E-state index contributed by atoms with van der Waals surface area (Å²) in [5, 5.41) is 10.7. The molecule has 0 aromatic heterocycles. The van der Waals surface area contributed by atoms with Gasteiger partial charge in [-0.3, -0.25) is 0 Å². The van der Waals surface area contributed by atoms with E-state index in [-0.39, 0.29) is 18.6 Å². The zero-order valence-electron chi connectivity index (χ0n) is 12.0. The number of hydrogen-bond acceptors (Lipinski definition) is 3. The van der Waals surface area contributed by atoms with Crippen LogP contribution >= 0.6 is 0 Å². The van der Waals surface area contributed by atoms with Gasteiger partial charge in [0.15, 0.2) is 17.4 Å². The SMILES string of the molecule is CC(Cc1cc(F)c(OCc2ccccc2)c(F)c1)C(=O)[O-]. The first-order chi connectivity index (χ1) is 10.5. The van der Waals surface area contributed by atoms with E-state index in [2.05, 4.69) is 0 Å². The highest BCUT2D eigenvalue weighted by Gasteiger charge is 2.14. The van der Waals surface area contributed by atoms with E-state index in [1.807, 2.05) is 6.07 Å². The summed E-state index contributed by atoms with van der Waals surface area (Å²) in [5.41, 5.74) is 1.04. The molecule has 0 saturated heterocycles. The number of carbonyl (C=O) groups is 1. The molecule has 0 aliphatic carbocycles. The van der Waals surface area contributed by atoms with E-state index in [0.29, 0.717) is 0 Å². The van der Waals surface area contributed by atoms with Crippen LogP contribution < -0.4 is 9.84 Å². The second-order valence-electron chi connectivity index (χ2n) is 5.09. The van der Waals surface area contributed by atoms with Crippen LogP contribution in [0.1, 0.15) is 18.1 Å². The number of hydrogen-bond donors (Lipinski definition) is 0. The first kappa shape index (κ1) is 15.9. The van der Waals surface area contributed by atoms with Gasteiger partial charge in [-0.2, -0.15) is 0 Å². The Balaban J connectivity index is 2.11. The number of benzene rings is 2. The van der Waals surface area contributed by atoms with E-state index in [0.717, 1.165) is 17.7 Å². The maximum atomic E-state index is 13.9. The van der Waals surface area contributed by atoms with Crippen molar-refractivity contribution in [2.45, 2.75) is 20.0 Å². The van der Waals surface area contributed by atoms with Crippen molar-refractivity contribution in [1.82, 2.24) is 0 Å². The third kappa shape index (κ3) is 4.04. The average molecular weight is 305 g/mol. The molecule has 0 bridgehead atoms. The van der Waals surface area contributed by atoms with Gasteiger partial charge in [-0.25, -0.2) is 8.78 Å². The van der Waals surface area contributed by atoms with Gasteiger partial charge in [-0.05, 0) is 35.6 Å². The van der Waals surface area contributed by atoms with Gasteiger partial charge >= 0.3 is 0 Å². The van der Waals surface area contributed by atoms with Gasteiger partial charge in [-0.15, -0.1) is 0 Å². The lowest BCUT2D eigenvalue weighted by molar-refractivity contribution is -0.310. The third-order valence-electron chi connectivity index (χ3n) is 3.23. The van der Waals surface area contributed by atoms with Crippen molar-refractivity contribution >= 4 is 5.97 Å². The molecule has 0 aliphatic rings. The fourth-order valence-corrected chi connectivity index (χ4v) is 2.03. The Labute approximate surface area is 127 Å². The fourth-order valence-electron chi connectivity index (χ4n) is 2.03. The molecule has 5 heteroatoms. The zero-order valence-corrected chi connectivity index (χ0v) is 12.0. The molecule has 2 aromatic rings. The Morgan fingerprint density at radius 3 is 2.27 bits per heavy atom. The standard InChI is InChI=1S/C17H16F2O3/c1-11(17(20)21)7-13-8-14(18)16(15(19)9-13)22-10-12-5-3-2-4-6-12/h2-6,8-9,11H,7,10H2,1H3,(H,20,21)/p-1. The minimum absolute atomic E-state index is 0.00482. The molecule has 0 fully saturated rings. The van der Waals surface area contributed by atoms with E-state index in [4.69, 9.17) is 4.74 Å². The van der Waals surface area contributed by atoms with Crippen LogP contribution in [0.25, 0.3) is 0 Å². The van der Waals surface area contributed by atoms with Crippen LogP contribution in [-0.4, -0.2) is 5.97 Å². The van der Waals surface area contributed by atoms with Gasteiger partial charge < -0.3 is 14.6 Å². The molecule has 3 nitrogen and oxygen atoms in total. The van der Waals surface area contributed by atoms with Crippen molar-refractivity contribution in [1.29, 1.82) is 0 Å². The average Bonchev–Trinajstić information content (AvgIpc) is 2.47. The van der Waals surface area contributed by atoms with E-state index in [9.17, 15) is 18.7 Å². The topological polar surface area (TPSA) is 49.4 Å². The number of carboxylic acids is 1. The van der Waals surface area contributed by atoms with Crippen LogP contribution in [0.2, 0.25) is 0 Å². The maximum absolute atomic E-state index is 13.9. The summed E-state index contributed by atoms with van der Waals surface area (Å²) in [6, 6.07) is 11.2.